The van der Waals surface area contributed by atoms with E-state index in [1.807, 2.05) is 0 Å². The highest BCUT2D eigenvalue weighted by Crippen LogP contribution is 2.29. The van der Waals surface area contributed by atoms with Crippen molar-refractivity contribution in [2.75, 3.05) is 0 Å². The predicted octanol–water partition coefficient (Wildman–Crippen LogP) is 4.54. The Morgan fingerprint density at radius 3 is 2.50 bits per heavy atom. The number of halogens is 5. The van der Waals surface area contributed by atoms with E-state index >= 15 is 0 Å². The minimum atomic E-state index is -4.45. The zero-order valence-corrected chi connectivity index (χ0v) is 12.6. The minimum Gasteiger partial charge on any atom is -0.348 e. The summed E-state index contributed by atoms with van der Waals surface area (Å²) in [7, 11) is 0. The molecule has 2 rings (SSSR count). The van der Waals surface area contributed by atoms with E-state index in [0.29, 0.717) is 4.47 Å². The van der Waals surface area contributed by atoms with E-state index in [-0.39, 0.29) is 17.7 Å². The summed E-state index contributed by atoms with van der Waals surface area (Å²) >= 11 is 3.07. The molecule has 1 N–H and O–H groups in total. The van der Waals surface area contributed by atoms with Gasteiger partial charge in [0.25, 0.3) is 5.91 Å². The van der Waals surface area contributed by atoms with E-state index in [4.69, 9.17) is 0 Å². The lowest BCUT2D eigenvalue weighted by atomic mass is 10.1. The molecule has 0 radical (unpaired) electrons. The SMILES string of the molecule is O=C(NCc1cccc(C(F)(F)F)c1)c1ccc(Br)cc1F. The fourth-order valence-corrected chi connectivity index (χ4v) is 2.14. The van der Waals surface area contributed by atoms with Gasteiger partial charge in [0.2, 0.25) is 0 Å². The zero-order valence-electron chi connectivity index (χ0n) is 11.0. The summed E-state index contributed by atoms with van der Waals surface area (Å²) in [6, 6.07) is 8.53. The van der Waals surface area contributed by atoms with E-state index in [2.05, 4.69) is 21.2 Å². The Hall–Kier alpha value is -1.89. The van der Waals surface area contributed by atoms with E-state index in [0.717, 1.165) is 18.2 Å². The first-order valence-corrected chi connectivity index (χ1v) is 6.96. The Morgan fingerprint density at radius 2 is 1.86 bits per heavy atom. The number of rotatable bonds is 3. The second kappa shape index (κ2) is 6.48. The number of benzene rings is 2. The van der Waals surface area contributed by atoms with Crippen molar-refractivity contribution in [3.8, 4) is 0 Å². The van der Waals surface area contributed by atoms with Crippen LogP contribution >= 0.6 is 15.9 Å². The summed E-state index contributed by atoms with van der Waals surface area (Å²) < 4.78 is 51.8. The van der Waals surface area contributed by atoms with E-state index < -0.39 is 23.5 Å². The van der Waals surface area contributed by atoms with Gasteiger partial charge in [0.1, 0.15) is 5.82 Å². The number of hydrogen-bond acceptors (Lipinski definition) is 1. The van der Waals surface area contributed by atoms with Crippen molar-refractivity contribution in [2.24, 2.45) is 0 Å². The quantitative estimate of drug-likeness (QED) is 0.784. The summed E-state index contributed by atoms with van der Waals surface area (Å²) in [6.45, 7) is -0.127. The van der Waals surface area contributed by atoms with Crippen LogP contribution in [-0.4, -0.2) is 5.91 Å². The molecule has 0 saturated carbocycles. The van der Waals surface area contributed by atoms with Crippen LogP contribution in [0.3, 0.4) is 0 Å². The van der Waals surface area contributed by atoms with Gasteiger partial charge in [-0.3, -0.25) is 4.79 Å². The van der Waals surface area contributed by atoms with Gasteiger partial charge >= 0.3 is 6.18 Å². The predicted molar refractivity (Wildman–Crippen MR) is 76.7 cm³/mol. The molecule has 0 aliphatic heterocycles. The molecule has 0 aromatic heterocycles. The van der Waals surface area contributed by atoms with Crippen molar-refractivity contribution in [3.63, 3.8) is 0 Å². The standard InChI is InChI=1S/C15H10BrF4NO/c16-11-4-5-12(13(17)7-11)14(22)21-8-9-2-1-3-10(6-9)15(18,19)20/h1-7H,8H2,(H,21,22). The Balaban J connectivity index is 2.08. The molecule has 0 fully saturated rings. The van der Waals surface area contributed by atoms with Crippen LogP contribution in [0.1, 0.15) is 21.5 Å². The summed E-state index contributed by atoms with van der Waals surface area (Å²) in [5.41, 5.74) is -0.690. The van der Waals surface area contributed by atoms with E-state index in [9.17, 15) is 22.4 Å². The van der Waals surface area contributed by atoms with Gasteiger partial charge in [0.15, 0.2) is 0 Å². The summed E-state index contributed by atoms with van der Waals surface area (Å²) in [5, 5.41) is 2.39. The molecule has 22 heavy (non-hydrogen) atoms. The highest BCUT2D eigenvalue weighted by molar-refractivity contribution is 9.10. The maximum Gasteiger partial charge on any atom is 0.416 e. The Morgan fingerprint density at radius 1 is 1.14 bits per heavy atom. The summed E-state index contributed by atoms with van der Waals surface area (Å²) in [5.74, 6) is -1.40. The Bertz CT molecular complexity index is 700. The summed E-state index contributed by atoms with van der Waals surface area (Å²) in [4.78, 5) is 11.8. The van der Waals surface area contributed by atoms with Gasteiger partial charge in [-0.05, 0) is 35.9 Å². The summed E-state index contributed by atoms with van der Waals surface area (Å²) in [6.07, 6.45) is -4.45. The number of alkyl halides is 3. The van der Waals surface area contributed by atoms with Gasteiger partial charge in [-0.1, -0.05) is 28.1 Å². The third-order valence-corrected chi connectivity index (χ3v) is 3.38. The van der Waals surface area contributed by atoms with Crippen molar-refractivity contribution in [3.05, 3.63) is 69.4 Å². The maximum atomic E-state index is 13.6. The first-order chi connectivity index (χ1) is 10.3. The first-order valence-electron chi connectivity index (χ1n) is 6.17. The topological polar surface area (TPSA) is 29.1 Å². The average molecular weight is 376 g/mol. The van der Waals surface area contributed by atoms with E-state index in [1.165, 1.54) is 24.3 Å². The fourth-order valence-electron chi connectivity index (χ4n) is 1.81. The van der Waals surface area contributed by atoms with Crippen molar-refractivity contribution in [1.29, 1.82) is 0 Å². The smallest absolute Gasteiger partial charge is 0.348 e. The van der Waals surface area contributed by atoms with Crippen LogP contribution in [0.2, 0.25) is 0 Å². The molecule has 2 aromatic carbocycles. The van der Waals surface area contributed by atoms with Gasteiger partial charge in [-0.25, -0.2) is 4.39 Å². The van der Waals surface area contributed by atoms with Crippen molar-refractivity contribution >= 4 is 21.8 Å². The number of hydrogen-bond donors (Lipinski definition) is 1. The largest absolute Gasteiger partial charge is 0.416 e. The van der Waals surface area contributed by atoms with Gasteiger partial charge in [0, 0.05) is 11.0 Å². The molecule has 7 heteroatoms. The zero-order chi connectivity index (χ0) is 16.3. The fraction of sp³-hybridized carbons (Fsp3) is 0.133. The molecule has 0 unspecified atom stereocenters. The molecule has 0 aliphatic rings. The minimum absolute atomic E-state index is 0.127. The highest BCUT2D eigenvalue weighted by atomic mass is 79.9. The second-order valence-corrected chi connectivity index (χ2v) is 5.42. The van der Waals surface area contributed by atoms with Gasteiger partial charge < -0.3 is 5.32 Å². The number of nitrogens with one attached hydrogen (secondary N) is 1. The van der Waals surface area contributed by atoms with Gasteiger partial charge in [-0.2, -0.15) is 13.2 Å². The Kier molecular flexibility index (Phi) is 4.85. The molecule has 0 aliphatic carbocycles. The van der Waals surface area contributed by atoms with Crippen LogP contribution in [0, 0.1) is 5.82 Å². The lowest BCUT2D eigenvalue weighted by molar-refractivity contribution is -0.137. The third kappa shape index (κ3) is 4.07. The van der Waals surface area contributed by atoms with Crippen LogP contribution in [0.4, 0.5) is 17.6 Å². The molecular formula is C15H10BrF4NO. The van der Waals surface area contributed by atoms with E-state index in [1.54, 1.807) is 0 Å². The molecular weight excluding hydrogens is 366 g/mol. The Labute approximate surface area is 132 Å². The lowest BCUT2D eigenvalue weighted by Gasteiger charge is -2.10. The lowest BCUT2D eigenvalue weighted by Crippen LogP contribution is -2.24. The van der Waals surface area contributed by atoms with Crippen LogP contribution in [-0.2, 0) is 12.7 Å². The van der Waals surface area contributed by atoms with Crippen molar-refractivity contribution in [1.82, 2.24) is 5.32 Å². The van der Waals surface area contributed by atoms with Gasteiger partial charge in [-0.15, -0.1) is 0 Å². The molecule has 116 valence electrons. The number of amides is 1. The van der Waals surface area contributed by atoms with Crippen molar-refractivity contribution < 1.29 is 22.4 Å². The monoisotopic (exact) mass is 375 g/mol. The van der Waals surface area contributed by atoms with Gasteiger partial charge in [0.05, 0.1) is 11.1 Å². The van der Waals surface area contributed by atoms with Crippen LogP contribution < -0.4 is 5.32 Å². The molecule has 0 bridgehead atoms. The first kappa shape index (κ1) is 16.5. The molecule has 1 amide bonds. The van der Waals surface area contributed by atoms with Crippen LogP contribution in [0.25, 0.3) is 0 Å². The van der Waals surface area contributed by atoms with Crippen LogP contribution in [0.15, 0.2) is 46.9 Å². The number of carbonyl (C=O) groups is 1. The highest BCUT2D eigenvalue weighted by Gasteiger charge is 2.30. The third-order valence-electron chi connectivity index (χ3n) is 2.88. The van der Waals surface area contributed by atoms with Crippen LogP contribution in [0.5, 0.6) is 0 Å². The number of carbonyl (C=O) groups excluding carboxylic acids is 1. The maximum absolute atomic E-state index is 13.6. The molecule has 0 heterocycles. The molecule has 2 aromatic rings. The molecule has 0 spiro atoms. The van der Waals surface area contributed by atoms with Crippen molar-refractivity contribution in [2.45, 2.75) is 12.7 Å². The normalized spacial score (nSPS) is 11.3. The molecule has 0 atom stereocenters. The molecule has 0 saturated heterocycles. The molecule has 2 nitrogen and oxygen atoms in total. The average Bonchev–Trinajstić information content (AvgIpc) is 2.44. The second-order valence-electron chi connectivity index (χ2n) is 4.50.